The van der Waals surface area contributed by atoms with Crippen molar-refractivity contribution < 1.29 is 4.92 Å². The molecule has 0 aliphatic rings. The molecule has 0 spiro atoms. The Labute approximate surface area is 150 Å². The Morgan fingerprint density at radius 2 is 1.65 bits per heavy atom. The highest BCUT2D eigenvalue weighted by molar-refractivity contribution is 6.02. The van der Waals surface area contributed by atoms with E-state index in [1.54, 1.807) is 18.3 Å². The van der Waals surface area contributed by atoms with Gasteiger partial charge in [0.2, 0.25) is 0 Å². The molecule has 0 bridgehead atoms. The van der Waals surface area contributed by atoms with Crippen molar-refractivity contribution in [3.05, 3.63) is 95.2 Å². The Hall–Kier alpha value is -3.73. The van der Waals surface area contributed by atoms with Gasteiger partial charge in [-0.25, -0.2) is 4.98 Å². The van der Waals surface area contributed by atoms with Crippen molar-refractivity contribution in [1.29, 1.82) is 0 Å². The van der Waals surface area contributed by atoms with E-state index >= 15 is 0 Å². The van der Waals surface area contributed by atoms with Crippen molar-refractivity contribution in [2.24, 2.45) is 0 Å². The first kappa shape index (κ1) is 15.8. The second kappa shape index (κ2) is 6.64. The first-order chi connectivity index (χ1) is 12.7. The van der Waals surface area contributed by atoms with Crippen molar-refractivity contribution in [2.75, 3.05) is 5.32 Å². The monoisotopic (exact) mass is 341 g/mol. The van der Waals surface area contributed by atoms with Gasteiger partial charge in [-0.1, -0.05) is 54.6 Å². The van der Waals surface area contributed by atoms with Crippen LogP contribution in [0.15, 0.2) is 85.1 Å². The predicted octanol–water partition coefficient (Wildman–Crippen LogP) is 5.55. The number of nitrogens with one attached hydrogen (secondary N) is 1. The fourth-order valence-electron chi connectivity index (χ4n) is 3.01. The second-order valence-corrected chi connectivity index (χ2v) is 5.86. The van der Waals surface area contributed by atoms with E-state index in [4.69, 9.17) is 0 Å². The second-order valence-electron chi connectivity index (χ2n) is 5.86. The summed E-state index contributed by atoms with van der Waals surface area (Å²) in [6.07, 6.45) is 1.74. The van der Waals surface area contributed by atoms with Crippen LogP contribution in [-0.4, -0.2) is 9.91 Å². The maximum atomic E-state index is 11.0. The Morgan fingerprint density at radius 3 is 2.46 bits per heavy atom. The number of hydrogen-bond acceptors (Lipinski definition) is 4. The molecule has 0 unspecified atom stereocenters. The molecule has 26 heavy (non-hydrogen) atoms. The number of benzene rings is 3. The largest absolute Gasteiger partial charge is 0.340 e. The van der Waals surface area contributed by atoms with E-state index in [0.717, 1.165) is 21.9 Å². The molecule has 0 aliphatic carbocycles. The number of nitro benzene ring substituents is 1. The molecule has 126 valence electrons. The van der Waals surface area contributed by atoms with Gasteiger partial charge in [-0.15, -0.1) is 0 Å². The van der Waals surface area contributed by atoms with Crippen molar-refractivity contribution in [2.45, 2.75) is 0 Å². The van der Waals surface area contributed by atoms with Crippen molar-refractivity contribution in [3.8, 4) is 11.1 Å². The van der Waals surface area contributed by atoms with Crippen molar-refractivity contribution in [3.63, 3.8) is 0 Å². The number of non-ortho nitro benzene ring substituents is 1. The van der Waals surface area contributed by atoms with E-state index in [1.165, 1.54) is 12.1 Å². The molecule has 5 nitrogen and oxygen atoms in total. The molecule has 5 heteroatoms. The van der Waals surface area contributed by atoms with Crippen LogP contribution in [-0.2, 0) is 0 Å². The van der Waals surface area contributed by atoms with E-state index in [-0.39, 0.29) is 5.69 Å². The molecule has 0 aliphatic heterocycles. The van der Waals surface area contributed by atoms with E-state index in [0.29, 0.717) is 11.5 Å². The average molecular weight is 341 g/mol. The lowest BCUT2D eigenvalue weighted by molar-refractivity contribution is -0.384. The first-order valence-electron chi connectivity index (χ1n) is 8.17. The topological polar surface area (TPSA) is 68.1 Å². The minimum absolute atomic E-state index is 0.0419. The molecular formula is C21H15N3O2. The van der Waals surface area contributed by atoms with Gasteiger partial charge in [0.05, 0.1) is 4.92 Å². The minimum atomic E-state index is -0.408. The predicted molar refractivity (Wildman–Crippen MR) is 104 cm³/mol. The molecule has 4 aromatic rings. The van der Waals surface area contributed by atoms with Crippen LogP contribution in [0.5, 0.6) is 0 Å². The average Bonchev–Trinajstić information content (AvgIpc) is 2.69. The first-order valence-corrected chi connectivity index (χ1v) is 8.17. The number of fused-ring (bicyclic) bond motifs is 1. The fraction of sp³-hybridized carbons (Fsp3) is 0. The molecule has 1 aromatic heterocycles. The van der Waals surface area contributed by atoms with Crippen LogP contribution in [0.25, 0.3) is 21.9 Å². The van der Waals surface area contributed by atoms with Crippen LogP contribution in [0.1, 0.15) is 0 Å². The Morgan fingerprint density at radius 1 is 0.846 bits per heavy atom. The standard InChI is InChI=1S/C21H15N3O2/c25-24(26)17-9-4-8-16(14-17)23-21-20-11-5-10-18(19(20)12-13-22-21)15-6-2-1-3-7-15/h1-14H,(H,22,23). The molecular weight excluding hydrogens is 326 g/mol. The third-order valence-electron chi connectivity index (χ3n) is 4.21. The van der Waals surface area contributed by atoms with E-state index in [1.807, 2.05) is 36.4 Å². The van der Waals surface area contributed by atoms with Gasteiger partial charge in [-0.2, -0.15) is 0 Å². The number of nitrogens with zero attached hydrogens (tertiary/aromatic N) is 2. The van der Waals surface area contributed by atoms with Gasteiger partial charge in [-0.05, 0) is 28.6 Å². The molecule has 0 amide bonds. The van der Waals surface area contributed by atoms with Crippen LogP contribution in [0, 0.1) is 10.1 Å². The van der Waals surface area contributed by atoms with Crippen LogP contribution < -0.4 is 5.32 Å². The van der Waals surface area contributed by atoms with Crippen molar-refractivity contribution >= 4 is 28.0 Å². The highest BCUT2D eigenvalue weighted by atomic mass is 16.6. The van der Waals surface area contributed by atoms with Gasteiger partial charge in [0.15, 0.2) is 0 Å². The smallest absolute Gasteiger partial charge is 0.271 e. The number of anilines is 2. The van der Waals surface area contributed by atoms with Gasteiger partial charge >= 0.3 is 0 Å². The summed E-state index contributed by atoms with van der Waals surface area (Å²) in [5.41, 5.74) is 2.92. The summed E-state index contributed by atoms with van der Waals surface area (Å²) in [6, 6.07) is 24.6. The van der Waals surface area contributed by atoms with Gasteiger partial charge in [-0.3, -0.25) is 10.1 Å². The lowest BCUT2D eigenvalue weighted by Gasteiger charge is -2.11. The van der Waals surface area contributed by atoms with Crippen LogP contribution >= 0.6 is 0 Å². The van der Waals surface area contributed by atoms with Crippen LogP contribution in [0.2, 0.25) is 0 Å². The Bertz CT molecular complexity index is 1090. The summed E-state index contributed by atoms with van der Waals surface area (Å²) in [5, 5.41) is 16.2. The van der Waals surface area contributed by atoms with E-state index in [2.05, 4.69) is 28.5 Å². The third-order valence-corrected chi connectivity index (χ3v) is 4.21. The number of nitro groups is 1. The maximum Gasteiger partial charge on any atom is 0.271 e. The summed E-state index contributed by atoms with van der Waals surface area (Å²) in [5.74, 6) is 0.667. The maximum absolute atomic E-state index is 11.0. The zero-order valence-electron chi connectivity index (χ0n) is 13.8. The molecule has 0 atom stereocenters. The zero-order valence-corrected chi connectivity index (χ0v) is 13.8. The quantitative estimate of drug-likeness (QED) is 0.390. The molecule has 0 fully saturated rings. The molecule has 1 N–H and O–H groups in total. The number of rotatable bonds is 4. The number of hydrogen-bond donors (Lipinski definition) is 1. The molecule has 0 saturated heterocycles. The lowest BCUT2D eigenvalue weighted by atomic mass is 9.99. The molecule has 0 radical (unpaired) electrons. The normalized spacial score (nSPS) is 10.6. The number of aromatic nitrogens is 1. The van der Waals surface area contributed by atoms with Crippen LogP contribution in [0.3, 0.4) is 0 Å². The molecule has 1 heterocycles. The zero-order chi connectivity index (χ0) is 17.9. The summed E-state index contributed by atoms with van der Waals surface area (Å²) in [6.45, 7) is 0. The highest BCUT2D eigenvalue weighted by Crippen LogP contribution is 2.32. The third kappa shape index (κ3) is 2.98. The SMILES string of the molecule is O=[N+]([O-])c1cccc(Nc2nccc3c(-c4ccccc4)cccc23)c1. The summed E-state index contributed by atoms with van der Waals surface area (Å²) >= 11 is 0. The van der Waals surface area contributed by atoms with E-state index in [9.17, 15) is 10.1 Å². The van der Waals surface area contributed by atoms with Crippen LogP contribution in [0.4, 0.5) is 17.2 Å². The number of pyridine rings is 1. The van der Waals surface area contributed by atoms with E-state index < -0.39 is 4.92 Å². The highest BCUT2D eigenvalue weighted by Gasteiger charge is 2.10. The summed E-state index contributed by atoms with van der Waals surface area (Å²) < 4.78 is 0. The Kier molecular flexibility index (Phi) is 4.03. The van der Waals surface area contributed by atoms with Gasteiger partial charge in [0.1, 0.15) is 5.82 Å². The Balaban J connectivity index is 1.80. The summed E-state index contributed by atoms with van der Waals surface area (Å²) in [7, 11) is 0. The molecule has 4 rings (SSSR count). The molecule has 0 saturated carbocycles. The fourth-order valence-corrected chi connectivity index (χ4v) is 3.01. The summed E-state index contributed by atoms with van der Waals surface area (Å²) in [4.78, 5) is 15.0. The molecule has 3 aromatic carbocycles. The van der Waals surface area contributed by atoms with Gasteiger partial charge < -0.3 is 5.32 Å². The lowest BCUT2D eigenvalue weighted by Crippen LogP contribution is -1.96. The van der Waals surface area contributed by atoms with Gasteiger partial charge in [0.25, 0.3) is 5.69 Å². The minimum Gasteiger partial charge on any atom is -0.340 e. The van der Waals surface area contributed by atoms with Crippen molar-refractivity contribution in [1.82, 2.24) is 4.98 Å². The van der Waals surface area contributed by atoms with Gasteiger partial charge in [0, 0.05) is 29.4 Å².